The van der Waals surface area contributed by atoms with Gasteiger partial charge in [-0.3, -0.25) is 4.79 Å². The summed E-state index contributed by atoms with van der Waals surface area (Å²) in [5, 5.41) is 10.2. The summed E-state index contributed by atoms with van der Waals surface area (Å²) in [6, 6.07) is 1.91. The molecule has 2 aromatic rings. The number of nitrogens with two attached hydrogens (primary N) is 1. The molecule has 1 saturated heterocycles. The Labute approximate surface area is 127 Å². The van der Waals surface area contributed by atoms with Crippen LogP contribution in [0.4, 0.5) is 5.69 Å². The van der Waals surface area contributed by atoms with Crippen LogP contribution in [0.2, 0.25) is 0 Å². The van der Waals surface area contributed by atoms with E-state index in [9.17, 15) is 9.90 Å². The molecule has 6 heteroatoms. The number of anilines is 1. The van der Waals surface area contributed by atoms with Crippen LogP contribution >= 0.6 is 11.3 Å². The summed E-state index contributed by atoms with van der Waals surface area (Å²) >= 11 is 1.36. The number of nitrogen functional groups attached to an aromatic ring is 1. The number of thiophene rings is 1. The zero-order chi connectivity index (χ0) is 15.0. The van der Waals surface area contributed by atoms with Gasteiger partial charge >= 0.3 is 0 Å². The van der Waals surface area contributed by atoms with Crippen molar-refractivity contribution in [2.24, 2.45) is 5.92 Å². The molecule has 3 rings (SSSR count). The smallest absolute Gasteiger partial charge is 0.266 e. The number of likely N-dealkylation sites (tertiary alicyclic amines) is 1. The second-order valence-corrected chi connectivity index (χ2v) is 6.59. The quantitative estimate of drug-likeness (QED) is 0.890. The van der Waals surface area contributed by atoms with Crippen molar-refractivity contribution in [3.8, 4) is 0 Å². The van der Waals surface area contributed by atoms with Gasteiger partial charge in [0.1, 0.15) is 9.71 Å². The van der Waals surface area contributed by atoms with Gasteiger partial charge in [-0.2, -0.15) is 0 Å². The Balaban J connectivity index is 1.95. The van der Waals surface area contributed by atoms with Crippen LogP contribution in [-0.4, -0.2) is 40.6 Å². The molecule has 21 heavy (non-hydrogen) atoms. The maximum absolute atomic E-state index is 12.7. The van der Waals surface area contributed by atoms with Crippen LogP contribution in [0.15, 0.2) is 12.3 Å². The molecule has 0 aliphatic carbocycles. The standard InChI is InChI=1S/C15H19N3O2S/c1-9-4-5-17-14-11(9)12(16)13(21-14)15(20)18-6-2-3-10(7-18)8-19/h4-5,10,19H,2-3,6-8,16H2,1H3. The van der Waals surface area contributed by atoms with E-state index in [1.165, 1.54) is 11.3 Å². The number of nitrogens with zero attached hydrogens (tertiary/aromatic N) is 2. The Morgan fingerprint density at radius 1 is 1.62 bits per heavy atom. The van der Waals surface area contributed by atoms with Crippen LogP contribution in [0.25, 0.3) is 10.2 Å². The van der Waals surface area contributed by atoms with E-state index in [-0.39, 0.29) is 18.4 Å². The van der Waals surface area contributed by atoms with Gasteiger partial charge in [0.2, 0.25) is 0 Å². The zero-order valence-electron chi connectivity index (χ0n) is 12.0. The zero-order valence-corrected chi connectivity index (χ0v) is 12.8. The average molecular weight is 305 g/mol. The molecule has 0 aromatic carbocycles. The highest BCUT2D eigenvalue weighted by molar-refractivity contribution is 7.21. The van der Waals surface area contributed by atoms with E-state index in [2.05, 4.69) is 4.98 Å². The van der Waals surface area contributed by atoms with Crippen LogP contribution in [0.1, 0.15) is 28.1 Å². The van der Waals surface area contributed by atoms with Gasteiger partial charge in [-0.25, -0.2) is 4.98 Å². The maximum atomic E-state index is 12.7. The Hall–Kier alpha value is -1.66. The third kappa shape index (κ3) is 2.49. The Morgan fingerprint density at radius 2 is 2.43 bits per heavy atom. The minimum absolute atomic E-state index is 0.0342. The van der Waals surface area contributed by atoms with Crippen molar-refractivity contribution in [2.75, 3.05) is 25.4 Å². The van der Waals surface area contributed by atoms with Gasteiger partial charge in [-0.05, 0) is 37.3 Å². The molecule has 2 aromatic heterocycles. The molecule has 0 saturated carbocycles. The molecule has 112 valence electrons. The van der Waals surface area contributed by atoms with Crippen molar-refractivity contribution in [3.63, 3.8) is 0 Å². The summed E-state index contributed by atoms with van der Waals surface area (Å²) in [6.07, 6.45) is 3.65. The first-order valence-corrected chi connectivity index (χ1v) is 7.97. The molecule has 1 amide bonds. The molecular formula is C15H19N3O2S. The van der Waals surface area contributed by atoms with Gasteiger partial charge < -0.3 is 15.7 Å². The first-order valence-electron chi connectivity index (χ1n) is 7.15. The third-order valence-corrected chi connectivity index (χ3v) is 5.20. The first kappa shape index (κ1) is 14.3. The number of hydrogen-bond donors (Lipinski definition) is 2. The molecule has 1 aliphatic heterocycles. The van der Waals surface area contributed by atoms with E-state index >= 15 is 0 Å². The highest BCUT2D eigenvalue weighted by Gasteiger charge is 2.27. The van der Waals surface area contributed by atoms with Crippen LogP contribution < -0.4 is 5.73 Å². The highest BCUT2D eigenvalue weighted by atomic mass is 32.1. The minimum atomic E-state index is -0.0342. The number of aliphatic hydroxyl groups is 1. The highest BCUT2D eigenvalue weighted by Crippen LogP contribution is 2.35. The summed E-state index contributed by atoms with van der Waals surface area (Å²) in [4.78, 5) is 20.2. The predicted molar refractivity (Wildman–Crippen MR) is 84.5 cm³/mol. The molecule has 3 N–H and O–H groups in total. The van der Waals surface area contributed by atoms with Gasteiger partial charge in [-0.15, -0.1) is 11.3 Å². The van der Waals surface area contributed by atoms with Gasteiger partial charge in [-0.1, -0.05) is 0 Å². The molecule has 0 spiro atoms. The summed E-state index contributed by atoms with van der Waals surface area (Å²) < 4.78 is 0. The lowest BCUT2D eigenvalue weighted by atomic mass is 9.99. The fraction of sp³-hybridized carbons (Fsp3) is 0.467. The van der Waals surface area contributed by atoms with E-state index < -0.39 is 0 Å². The fourth-order valence-electron chi connectivity index (χ4n) is 2.90. The molecule has 5 nitrogen and oxygen atoms in total. The Morgan fingerprint density at radius 3 is 3.14 bits per heavy atom. The molecule has 0 radical (unpaired) electrons. The van der Waals surface area contributed by atoms with E-state index in [4.69, 9.17) is 5.73 Å². The number of aryl methyl sites for hydroxylation is 1. The molecule has 1 atom stereocenters. The number of amides is 1. The third-order valence-electron chi connectivity index (χ3n) is 4.10. The van der Waals surface area contributed by atoms with Crippen molar-refractivity contribution in [2.45, 2.75) is 19.8 Å². The summed E-state index contributed by atoms with van der Waals surface area (Å²) in [6.45, 7) is 3.45. The maximum Gasteiger partial charge on any atom is 0.266 e. The summed E-state index contributed by atoms with van der Waals surface area (Å²) in [5.41, 5.74) is 7.77. The second kappa shape index (κ2) is 5.61. The van der Waals surface area contributed by atoms with Crippen LogP contribution in [0, 0.1) is 12.8 Å². The van der Waals surface area contributed by atoms with Crippen molar-refractivity contribution >= 4 is 33.1 Å². The minimum Gasteiger partial charge on any atom is -0.397 e. The number of rotatable bonds is 2. The van der Waals surface area contributed by atoms with Crippen molar-refractivity contribution < 1.29 is 9.90 Å². The Kier molecular flexibility index (Phi) is 3.82. The van der Waals surface area contributed by atoms with Crippen molar-refractivity contribution in [1.82, 2.24) is 9.88 Å². The molecule has 3 heterocycles. The lowest BCUT2D eigenvalue weighted by Gasteiger charge is -2.31. The second-order valence-electron chi connectivity index (χ2n) is 5.59. The van der Waals surface area contributed by atoms with Crippen molar-refractivity contribution in [1.29, 1.82) is 0 Å². The normalized spacial score (nSPS) is 19.1. The van der Waals surface area contributed by atoms with Crippen LogP contribution in [-0.2, 0) is 0 Å². The lowest BCUT2D eigenvalue weighted by Crippen LogP contribution is -2.40. The molecule has 1 unspecified atom stereocenters. The van der Waals surface area contributed by atoms with Crippen LogP contribution in [0.5, 0.6) is 0 Å². The monoisotopic (exact) mass is 305 g/mol. The first-order chi connectivity index (χ1) is 10.1. The number of piperidine rings is 1. The van der Waals surface area contributed by atoms with Gasteiger partial charge in [0, 0.05) is 31.3 Å². The fourth-order valence-corrected chi connectivity index (χ4v) is 4.01. The lowest BCUT2D eigenvalue weighted by molar-refractivity contribution is 0.0626. The predicted octanol–water partition coefficient (Wildman–Crippen LogP) is 2.03. The van der Waals surface area contributed by atoms with Crippen LogP contribution in [0.3, 0.4) is 0 Å². The summed E-state index contributed by atoms with van der Waals surface area (Å²) in [5.74, 6) is 0.145. The van der Waals surface area contributed by atoms with E-state index in [0.717, 1.165) is 35.2 Å². The van der Waals surface area contributed by atoms with E-state index in [0.29, 0.717) is 17.1 Å². The van der Waals surface area contributed by atoms with E-state index in [1.54, 1.807) is 11.1 Å². The average Bonchev–Trinajstić information content (AvgIpc) is 2.85. The summed E-state index contributed by atoms with van der Waals surface area (Å²) in [7, 11) is 0. The molecule has 0 bridgehead atoms. The largest absolute Gasteiger partial charge is 0.397 e. The van der Waals surface area contributed by atoms with Gasteiger partial charge in [0.25, 0.3) is 5.91 Å². The Bertz CT molecular complexity index is 683. The number of carbonyl (C=O) groups is 1. The molecule has 1 aliphatic rings. The van der Waals surface area contributed by atoms with E-state index in [1.807, 2.05) is 13.0 Å². The molecule has 1 fully saturated rings. The number of fused-ring (bicyclic) bond motifs is 1. The number of aromatic nitrogens is 1. The topological polar surface area (TPSA) is 79.5 Å². The molecular weight excluding hydrogens is 286 g/mol. The van der Waals surface area contributed by atoms with Gasteiger partial charge in [0.05, 0.1) is 5.69 Å². The number of carbonyl (C=O) groups excluding carboxylic acids is 1. The SMILES string of the molecule is Cc1ccnc2sc(C(=O)N3CCCC(CO)C3)c(N)c12. The number of hydrogen-bond acceptors (Lipinski definition) is 5. The number of aliphatic hydroxyl groups excluding tert-OH is 1. The number of pyridine rings is 1. The van der Waals surface area contributed by atoms with Crippen molar-refractivity contribution in [3.05, 3.63) is 22.7 Å². The van der Waals surface area contributed by atoms with Gasteiger partial charge in [0.15, 0.2) is 0 Å².